The molecule has 0 saturated carbocycles. The van der Waals surface area contributed by atoms with Gasteiger partial charge in [0.15, 0.2) is 5.34 Å². The van der Waals surface area contributed by atoms with Crippen molar-refractivity contribution in [2.75, 3.05) is 11.9 Å². The Kier molecular flexibility index (Phi) is 9.12. The SMILES string of the molecule is CC(C)(C)[Si](OC[C@H]1O[C@@H](n2ccc(NC(=O)c3ccccc3)nc2=O)C[C@@]1(O)P(=O)(O)O)(c1ccccc1)c1ccccc1. The number of aliphatic hydroxyl groups is 1. The van der Waals surface area contributed by atoms with Crippen molar-refractivity contribution >= 4 is 38.0 Å². The van der Waals surface area contributed by atoms with Crippen LogP contribution in [0.25, 0.3) is 0 Å². The van der Waals surface area contributed by atoms with Gasteiger partial charge in [-0.1, -0.05) is 99.6 Å². The zero-order chi connectivity index (χ0) is 32.5. The predicted molar refractivity (Wildman–Crippen MR) is 172 cm³/mol. The van der Waals surface area contributed by atoms with Gasteiger partial charge < -0.3 is 29.4 Å². The minimum atomic E-state index is -5.21. The second-order valence-corrected chi connectivity index (χ2v) is 18.2. The number of hydrogen-bond donors (Lipinski definition) is 4. The first kappa shape index (κ1) is 32.6. The van der Waals surface area contributed by atoms with Gasteiger partial charge in [0.25, 0.3) is 14.2 Å². The second-order valence-electron chi connectivity index (χ2n) is 12.0. The van der Waals surface area contributed by atoms with Gasteiger partial charge in [-0.15, -0.1) is 0 Å². The number of aromatic nitrogens is 2. The van der Waals surface area contributed by atoms with Crippen LogP contribution < -0.4 is 21.4 Å². The molecule has 13 heteroatoms. The van der Waals surface area contributed by atoms with E-state index in [4.69, 9.17) is 9.16 Å². The summed E-state index contributed by atoms with van der Waals surface area (Å²) in [6.45, 7) is 5.79. The molecule has 1 amide bonds. The lowest BCUT2D eigenvalue weighted by molar-refractivity contribution is -0.0581. The van der Waals surface area contributed by atoms with Crippen LogP contribution in [0.5, 0.6) is 0 Å². The number of carbonyl (C=O) groups excluding carboxylic acids is 1. The van der Waals surface area contributed by atoms with E-state index in [0.717, 1.165) is 14.9 Å². The van der Waals surface area contributed by atoms with E-state index in [0.29, 0.717) is 5.56 Å². The summed E-state index contributed by atoms with van der Waals surface area (Å²) in [5, 5.41) is 12.8. The summed E-state index contributed by atoms with van der Waals surface area (Å²) in [5.74, 6) is -0.478. The van der Waals surface area contributed by atoms with Crippen LogP contribution in [0, 0.1) is 0 Å². The van der Waals surface area contributed by atoms with E-state index in [2.05, 4.69) is 31.1 Å². The molecule has 3 atom stereocenters. The van der Waals surface area contributed by atoms with Gasteiger partial charge in [-0.3, -0.25) is 13.9 Å². The van der Waals surface area contributed by atoms with E-state index in [1.807, 2.05) is 60.7 Å². The van der Waals surface area contributed by atoms with Crippen LogP contribution in [0.2, 0.25) is 5.04 Å². The molecule has 0 radical (unpaired) electrons. The first-order valence-corrected chi connectivity index (χ1v) is 17.9. The summed E-state index contributed by atoms with van der Waals surface area (Å²) in [6.07, 6.45) is -2.06. The van der Waals surface area contributed by atoms with E-state index in [1.54, 1.807) is 30.3 Å². The highest BCUT2D eigenvalue weighted by Gasteiger charge is 2.61. The van der Waals surface area contributed by atoms with E-state index in [-0.39, 0.29) is 12.4 Å². The normalized spacial score (nSPS) is 20.6. The molecule has 1 saturated heterocycles. The Bertz CT molecular complexity index is 1710. The maximum absolute atomic E-state index is 13.1. The first-order chi connectivity index (χ1) is 21.3. The number of carbonyl (C=O) groups is 1. The fourth-order valence-corrected chi connectivity index (χ4v) is 11.3. The van der Waals surface area contributed by atoms with Crippen molar-refractivity contribution in [2.45, 2.75) is 49.9 Å². The molecule has 4 N–H and O–H groups in total. The molecule has 236 valence electrons. The average Bonchev–Trinajstić information content (AvgIpc) is 3.35. The largest absolute Gasteiger partial charge is 0.405 e. The summed E-state index contributed by atoms with van der Waals surface area (Å²) < 4.78 is 26.6. The van der Waals surface area contributed by atoms with Gasteiger partial charge in [0.05, 0.1) is 6.61 Å². The van der Waals surface area contributed by atoms with Crippen LogP contribution in [-0.4, -0.2) is 56.7 Å². The monoisotopic (exact) mass is 649 g/mol. The molecule has 1 aromatic heterocycles. The van der Waals surface area contributed by atoms with Gasteiger partial charge in [0.1, 0.15) is 18.1 Å². The molecule has 1 aliphatic heterocycles. The van der Waals surface area contributed by atoms with Crippen molar-refractivity contribution in [3.05, 3.63) is 119 Å². The van der Waals surface area contributed by atoms with Crippen molar-refractivity contribution < 1.29 is 33.4 Å². The third kappa shape index (κ3) is 6.36. The van der Waals surface area contributed by atoms with E-state index in [9.17, 15) is 29.0 Å². The van der Waals surface area contributed by atoms with Crippen molar-refractivity contribution in [1.82, 2.24) is 9.55 Å². The van der Waals surface area contributed by atoms with Crippen molar-refractivity contribution in [2.24, 2.45) is 0 Å². The van der Waals surface area contributed by atoms with Crippen LogP contribution in [0.4, 0.5) is 5.82 Å². The Hall–Kier alpha value is -3.74. The molecule has 2 heterocycles. The standard InChI is InChI=1S/C32H36N3O8PSi/c1-31(2,3)45(24-15-9-5-10-16-24,25-17-11-6-12-18-25)42-22-26-32(38,44(39,40)41)21-28(43-26)35-20-19-27(34-30(35)37)33-29(36)23-13-7-4-8-14-23/h4-20,26,28,38H,21-22H2,1-3H3,(H2,39,40,41)(H,33,34,36,37)/t26-,28-,32-/m1/s1. The summed E-state index contributed by atoms with van der Waals surface area (Å²) in [5.41, 5.74) is -0.467. The predicted octanol–water partition coefficient (Wildman–Crippen LogP) is 3.23. The fraction of sp³-hybridized carbons (Fsp3) is 0.281. The molecule has 5 rings (SSSR count). The molecular formula is C32H36N3O8PSi. The molecule has 0 aliphatic carbocycles. The molecule has 45 heavy (non-hydrogen) atoms. The third-order valence-electron chi connectivity index (χ3n) is 8.10. The highest BCUT2D eigenvalue weighted by Crippen LogP contribution is 2.59. The number of rotatable bonds is 9. The molecule has 1 fully saturated rings. The van der Waals surface area contributed by atoms with Gasteiger partial charge >= 0.3 is 13.3 Å². The molecule has 11 nitrogen and oxygen atoms in total. The first-order valence-electron chi connectivity index (χ1n) is 14.4. The second kappa shape index (κ2) is 12.6. The van der Waals surface area contributed by atoms with Crippen LogP contribution in [0.15, 0.2) is 108 Å². The van der Waals surface area contributed by atoms with Gasteiger partial charge in [0, 0.05) is 18.2 Å². The number of benzene rings is 3. The highest BCUT2D eigenvalue weighted by atomic mass is 31.2. The van der Waals surface area contributed by atoms with Crippen molar-refractivity contribution in [3.63, 3.8) is 0 Å². The molecule has 0 unspecified atom stereocenters. The Morgan fingerprint density at radius 2 is 1.53 bits per heavy atom. The number of amides is 1. The van der Waals surface area contributed by atoms with Crippen molar-refractivity contribution in [1.29, 1.82) is 0 Å². The Balaban J connectivity index is 1.45. The highest BCUT2D eigenvalue weighted by molar-refractivity contribution is 7.53. The molecule has 0 bridgehead atoms. The Labute approximate surface area is 261 Å². The topological polar surface area (TPSA) is 160 Å². The van der Waals surface area contributed by atoms with E-state index in [1.165, 1.54) is 12.3 Å². The van der Waals surface area contributed by atoms with Crippen LogP contribution in [0.3, 0.4) is 0 Å². The number of ether oxygens (including phenoxy) is 1. The molecule has 1 aliphatic rings. The zero-order valence-corrected chi connectivity index (χ0v) is 27.0. The quantitative estimate of drug-likeness (QED) is 0.158. The Morgan fingerprint density at radius 1 is 1.00 bits per heavy atom. The number of hydrogen-bond acceptors (Lipinski definition) is 7. The summed E-state index contributed by atoms with van der Waals surface area (Å²) >= 11 is 0. The van der Waals surface area contributed by atoms with Gasteiger partial charge in [0.2, 0.25) is 0 Å². The summed E-state index contributed by atoms with van der Waals surface area (Å²) in [6, 6.07) is 29.1. The van der Waals surface area contributed by atoms with E-state index >= 15 is 0 Å². The number of nitrogens with zero attached hydrogens (tertiary/aromatic N) is 2. The molecule has 0 spiro atoms. The van der Waals surface area contributed by atoms with Crippen LogP contribution in [0.1, 0.15) is 43.8 Å². The average molecular weight is 650 g/mol. The van der Waals surface area contributed by atoms with Gasteiger partial charge in [-0.25, -0.2) is 4.79 Å². The van der Waals surface area contributed by atoms with Gasteiger partial charge in [-0.05, 0) is 33.6 Å². The third-order valence-corrected chi connectivity index (χ3v) is 14.6. The lowest BCUT2D eigenvalue weighted by atomic mass is 10.2. The van der Waals surface area contributed by atoms with Crippen molar-refractivity contribution in [3.8, 4) is 0 Å². The van der Waals surface area contributed by atoms with E-state index < -0.39 is 56.6 Å². The zero-order valence-electron chi connectivity index (χ0n) is 25.1. The lowest BCUT2D eigenvalue weighted by Crippen LogP contribution is -2.67. The molecule has 3 aromatic carbocycles. The minimum absolute atomic E-state index is 0.0140. The molecular weight excluding hydrogens is 613 g/mol. The lowest BCUT2D eigenvalue weighted by Gasteiger charge is -2.44. The number of nitrogens with one attached hydrogen (secondary N) is 1. The number of anilines is 1. The van der Waals surface area contributed by atoms with Crippen LogP contribution >= 0.6 is 7.60 Å². The molecule has 4 aromatic rings. The van der Waals surface area contributed by atoms with Crippen LogP contribution in [-0.2, 0) is 13.7 Å². The fourth-order valence-electron chi connectivity index (χ4n) is 5.82. The minimum Gasteiger partial charge on any atom is -0.405 e. The summed E-state index contributed by atoms with van der Waals surface area (Å²) in [7, 11) is -8.38. The maximum atomic E-state index is 13.1. The maximum Gasteiger partial charge on any atom is 0.359 e. The summed E-state index contributed by atoms with van der Waals surface area (Å²) in [4.78, 5) is 50.2. The Morgan fingerprint density at radius 3 is 2.02 bits per heavy atom. The van der Waals surface area contributed by atoms with Gasteiger partial charge in [-0.2, -0.15) is 4.98 Å². The smallest absolute Gasteiger partial charge is 0.359 e.